The molecule has 0 atom stereocenters. The molecule has 0 saturated heterocycles. The number of halogens is 1. The van der Waals surface area contributed by atoms with Gasteiger partial charge in [-0.25, -0.2) is 4.39 Å². The molecule has 3 nitrogen and oxygen atoms in total. The maximum atomic E-state index is 13.2. The molecule has 1 aliphatic carbocycles. The van der Waals surface area contributed by atoms with E-state index in [0.717, 1.165) is 18.4 Å². The van der Waals surface area contributed by atoms with Crippen molar-refractivity contribution in [3.05, 3.63) is 65.7 Å². The van der Waals surface area contributed by atoms with E-state index < -0.39 is 0 Å². The first-order valence-corrected chi connectivity index (χ1v) is 6.69. The van der Waals surface area contributed by atoms with Crippen LogP contribution in [0.1, 0.15) is 28.8 Å². The summed E-state index contributed by atoms with van der Waals surface area (Å²) in [4.78, 5) is 18.3. The van der Waals surface area contributed by atoms with Crippen molar-refractivity contribution in [1.29, 1.82) is 0 Å². The van der Waals surface area contributed by atoms with E-state index in [1.807, 2.05) is 11.0 Å². The Labute approximate surface area is 117 Å². The Morgan fingerprint density at radius 1 is 1.25 bits per heavy atom. The molecular formula is C16H15FN2O. The number of benzene rings is 1. The highest BCUT2D eigenvalue weighted by molar-refractivity contribution is 5.94. The Morgan fingerprint density at radius 2 is 2.00 bits per heavy atom. The quantitative estimate of drug-likeness (QED) is 0.855. The fourth-order valence-electron chi connectivity index (χ4n) is 2.25. The highest BCUT2D eigenvalue weighted by atomic mass is 19.1. The van der Waals surface area contributed by atoms with Gasteiger partial charge >= 0.3 is 0 Å². The van der Waals surface area contributed by atoms with E-state index in [0.29, 0.717) is 12.1 Å². The maximum absolute atomic E-state index is 13.2. The molecule has 4 heteroatoms. The highest BCUT2D eigenvalue weighted by Gasteiger charge is 2.33. The molecule has 1 heterocycles. The Kier molecular flexibility index (Phi) is 3.46. The SMILES string of the molecule is O=C(c1ccncc1)N(Cc1cccc(F)c1)C1CC1. The number of rotatable bonds is 4. The number of pyridine rings is 1. The van der Waals surface area contributed by atoms with Gasteiger partial charge in [0.1, 0.15) is 5.82 Å². The number of hydrogen-bond acceptors (Lipinski definition) is 2. The lowest BCUT2D eigenvalue weighted by Gasteiger charge is -2.22. The Hall–Kier alpha value is -2.23. The Balaban J connectivity index is 1.81. The van der Waals surface area contributed by atoms with Crippen LogP contribution in [0.5, 0.6) is 0 Å². The summed E-state index contributed by atoms with van der Waals surface area (Å²) >= 11 is 0. The minimum absolute atomic E-state index is 0.0147. The second-order valence-corrected chi connectivity index (χ2v) is 5.03. The number of hydrogen-bond donors (Lipinski definition) is 0. The summed E-state index contributed by atoms with van der Waals surface area (Å²) in [6.45, 7) is 0.448. The summed E-state index contributed by atoms with van der Waals surface area (Å²) < 4.78 is 13.2. The van der Waals surface area contributed by atoms with Crippen molar-refractivity contribution in [3.8, 4) is 0 Å². The van der Waals surface area contributed by atoms with E-state index in [-0.39, 0.29) is 17.8 Å². The molecule has 1 aromatic heterocycles. The van der Waals surface area contributed by atoms with E-state index in [1.54, 1.807) is 30.6 Å². The van der Waals surface area contributed by atoms with E-state index in [1.165, 1.54) is 12.1 Å². The predicted molar refractivity (Wildman–Crippen MR) is 73.5 cm³/mol. The normalized spacial score (nSPS) is 14.1. The van der Waals surface area contributed by atoms with Crippen LogP contribution in [-0.4, -0.2) is 21.8 Å². The highest BCUT2D eigenvalue weighted by Crippen LogP contribution is 2.29. The fraction of sp³-hybridized carbons (Fsp3) is 0.250. The van der Waals surface area contributed by atoms with E-state index in [2.05, 4.69) is 4.98 Å². The third kappa shape index (κ3) is 2.85. The minimum atomic E-state index is -0.269. The van der Waals surface area contributed by atoms with Gasteiger partial charge in [-0.2, -0.15) is 0 Å². The molecule has 102 valence electrons. The van der Waals surface area contributed by atoms with Crippen molar-refractivity contribution in [2.45, 2.75) is 25.4 Å². The van der Waals surface area contributed by atoms with Crippen LogP contribution >= 0.6 is 0 Å². The average molecular weight is 270 g/mol. The Bertz CT molecular complexity index is 611. The first-order valence-electron chi connectivity index (χ1n) is 6.69. The third-order valence-electron chi connectivity index (χ3n) is 3.42. The second kappa shape index (κ2) is 5.41. The molecule has 0 unspecified atom stereocenters. The molecule has 0 spiro atoms. The molecule has 3 rings (SSSR count). The van der Waals surface area contributed by atoms with Crippen molar-refractivity contribution < 1.29 is 9.18 Å². The zero-order valence-electron chi connectivity index (χ0n) is 11.0. The van der Waals surface area contributed by atoms with Crippen LogP contribution in [0.3, 0.4) is 0 Å². The van der Waals surface area contributed by atoms with Gasteiger partial charge in [-0.15, -0.1) is 0 Å². The average Bonchev–Trinajstić information content (AvgIpc) is 3.30. The van der Waals surface area contributed by atoms with E-state index >= 15 is 0 Å². The molecule has 0 aliphatic heterocycles. The van der Waals surface area contributed by atoms with Gasteiger partial charge in [0, 0.05) is 30.5 Å². The number of carbonyl (C=O) groups is 1. The zero-order chi connectivity index (χ0) is 13.9. The minimum Gasteiger partial charge on any atom is -0.331 e. The molecular weight excluding hydrogens is 255 g/mol. The molecule has 20 heavy (non-hydrogen) atoms. The van der Waals surface area contributed by atoms with Crippen LogP contribution in [0.2, 0.25) is 0 Å². The first-order chi connectivity index (χ1) is 9.74. The number of aromatic nitrogens is 1. The van der Waals surface area contributed by atoms with Crippen LogP contribution in [-0.2, 0) is 6.54 Å². The van der Waals surface area contributed by atoms with Crippen molar-refractivity contribution in [3.63, 3.8) is 0 Å². The smallest absolute Gasteiger partial charge is 0.254 e. The summed E-state index contributed by atoms with van der Waals surface area (Å²) in [6, 6.07) is 10.1. The van der Waals surface area contributed by atoms with Gasteiger partial charge in [-0.1, -0.05) is 12.1 Å². The molecule has 0 radical (unpaired) electrons. The lowest BCUT2D eigenvalue weighted by Crippen LogP contribution is -2.32. The summed E-state index contributed by atoms with van der Waals surface area (Å²) in [5.74, 6) is -0.284. The number of nitrogens with zero attached hydrogens (tertiary/aromatic N) is 2. The van der Waals surface area contributed by atoms with Gasteiger partial charge in [0.2, 0.25) is 0 Å². The molecule has 1 fully saturated rings. The first kappa shape index (κ1) is 12.8. The van der Waals surface area contributed by atoms with Crippen LogP contribution in [0.15, 0.2) is 48.8 Å². The molecule has 1 saturated carbocycles. The summed E-state index contributed by atoms with van der Waals surface area (Å²) in [5, 5.41) is 0. The summed E-state index contributed by atoms with van der Waals surface area (Å²) in [5.41, 5.74) is 1.45. The van der Waals surface area contributed by atoms with Gasteiger partial charge in [0.15, 0.2) is 0 Å². The number of carbonyl (C=O) groups excluding carboxylic acids is 1. The fourth-order valence-corrected chi connectivity index (χ4v) is 2.25. The lowest BCUT2D eigenvalue weighted by molar-refractivity contribution is 0.0729. The lowest BCUT2D eigenvalue weighted by atomic mass is 10.1. The molecule has 0 N–H and O–H groups in total. The van der Waals surface area contributed by atoms with E-state index in [9.17, 15) is 9.18 Å². The van der Waals surface area contributed by atoms with Crippen molar-refractivity contribution >= 4 is 5.91 Å². The van der Waals surface area contributed by atoms with Gasteiger partial charge in [-0.3, -0.25) is 9.78 Å². The van der Waals surface area contributed by atoms with Crippen molar-refractivity contribution in [2.24, 2.45) is 0 Å². The van der Waals surface area contributed by atoms with E-state index in [4.69, 9.17) is 0 Å². The zero-order valence-corrected chi connectivity index (χ0v) is 11.0. The van der Waals surface area contributed by atoms with Gasteiger partial charge in [-0.05, 0) is 42.7 Å². The predicted octanol–water partition coefficient (Wildman–Crippen LogP) is 3.03. The molecule has 1 amide bonds. The monoisotopic (exact) mass is 270 g/mol. The molecule has 2 aromatic rings. The topological polar surface area (TPSA) is 33.2 Å². The van der Waals surface area contributed by atoms with Crippen LogP contribution in [0.25, 0.3) is 0 Å². The number of amides is 1. The van der Waals surface area contributed by atoms with Crippen LogP contribution < -0.4 is 0 Å². The summed E-state index contributed by atoms with van der Waals surface area (Å²) in [7, 11) is 0. The standard InChI is InChI=1S/C16H15FN2O/c17-14-3-1-2-12(10-14)11-19(15-4-5-15)16(20)13-6-8-18-9-7-13/h1-3,6-10,15H,4-5,11H2. The van der Waals surface area contributed by atoms with Crippen molar-refractivity contribution in [1.82, 2.24) is 9.88 Å². The van der Waals surface area contributed by atoms with Crippen LogP contribution in [0, 0.1) is 5.82 Å². The third-order valence-corrected chi connectivity index (χ3v) is 3.42. The van der Waals surface area contributed by atoms with Crippen LogP contribution in [0.4, 0.5) is 4.39 Å². The second-order valence-electron chi connectivity index (χ2n) is 5.03. The van der Waals surface area contributed by atoms with Crippen molar-refractivity contribution in [2.75, 3.05) is 0 Å². The largest absolute Gasteiger partial charge is 0.331 e. The molecule has 1 aromatic carbocycles. The maximum Gasteiger partial charge on any atom is 0.254 e. The van der Waals surface area contributed by atoms with Gasteiger partial charge in [0.25, 0.3) is 5.91 Å². The molecule has 0 bridgehead atoms. The van der Waals surface area contributed by atoms with Gasteiger partial charge < -0.3 is 4.90 Å². The van der Waals surface area contributed by atoms with Gasteiger partial charge in [0.05, 0.1) is 0 Å². The molecule has 1 aliphatic rings. The summed E-state index contributed by atoms with van der Waals surface area (Å²) in [6.07, 6.45) is 5.26. The Morgan fingerprint density at radius 3 is 2.65 bits per heavy atom.